The highest BCUT2D eigenvalue weighted by Crippen LogP contribution is 2.26. The van der Waals surface area contributed by atoms with E-state index in [-0.39, 0.29) is 24.7 Å². The summed E-state index contributed by atoms with van der Waals surface area (Å²) in [5, 5.41) is 0. The van der Waals surface area contributed by atoms with E-state index < -0.39 is 36.2 Å². The number of carbonyl (C=O) groups excluding carboxylic acids is 3. The molecule has 4 atom stereocenters. The maximum absolute atomic E-state index is 12.7. The predicted molar refractivity (Wildman–Crippen MR) is 97.3 cm³/mol. The van der Waals surface area contributed by atoms with Crippen molar-refractivity contribution in [3.8, 4) is 0 Å². The second-order valence-electron chi connectivity index (χ2n) is 7.65. The third kappa shape index (κ3) is 7.75. The van der Waals surface area contributed by atoms with Crippen LogP contribution in [0.2, 0.25) is 0 Å². The second-order valence-corrected chi connectivity index (χ2v) is 7.65. The molecule has 0 aliphatic carbocycles. The lowest BCUT2D eigenvalue weighted by molar-refractivity contribution is -0.175. The average molecular weight is 370 g/mol. The van der Waals surface area contributed by atoms with Crippen LogP contribution < -0.4 is 0 Å². The summed E-state index contributed by atoms with van der Waals surface area (Å²) in [5.41, 5.74) is 0. The largest absolute Gasteiger partial charge is 0.462 e. The first-order valence-corrected chi connectivity index (χ1v) is 9.84. The zero-order valence-corrected chi connectivity index (χ0v) is 16.8. The van der Waals surface area contributed by atoms with Gasteiger partial charge in [0.15, 0.2) is 6.10 Å². The minimum atomic E-state index is -0.815. The van der Waals surface area contributed by atoms with E-state index in [2.05, 4.69) is 6.92 Å². The Morgan fingerprint density at radius 2 is 1.85 bits per heavy atom. The lowest BCUT2D eigenvalue weighted by Crippen LogP contribution is -2.42. The standard InChI is InChI=1S/C20H34O6/c1-6-7-8-9-10-16-19(26-17(21)11-13(2)3)15(5)25-18(22)12-14(4)24-20(16)23/h13-16,19H,6-12H2,1-5H3/t14-,15+,16?,19+/m1/s1. The van der Waals surface area contributed by atoms with Crippen LogP contribution in [-0.4, -0.2) is 36.2 Å². The van der Waals surface area contributed by atoms with Gasteiger partial charge in [-0.1, -0.05) is 46.5 Å². The molecular weight excluding hydrogens is 336 g/mol. The zero-order valence-electron chi connectivity index (χ0n) is 16.8. The van der Waals surface area contributed by atoms with Crippen LogP contribution in [0.3, 0.4) is 0 Å². The molecule has 26 heavy (non-hydrogen) atoms. The number of rotatable bonds is 8. The smallest absolute Gasteiger partial charge is 0.313 e. The van der Waals surface area contributed by atoms with E-state index in [4.69, 9.17) is 14.2 Å². The summed E-state index contributed by atoms with van der Waals surface area (Å²) in [4.78, 5) is 36.9. The topological polar surface area (TPSA) is 78.9 Å². The van der Waals surface area contributed by atoms with Gasteiger partial charge < -0.3 is 14.2 Å². The van der Waals surface area contributed by atoms with Gasteiger partial charge in [0.1, 0.15) is 12.2 Å². The van der Waals surface area contributed by atoms with Crippen molar-refractivity contribution < 1.29 is 28.6 Å². The van der Waals surface area contributed by atoms with Gasteiger partial charge in [-0.2, -0.15) is 0 Å². The first-order chi connectivity index (χ1) is 12.2. The van der Waals surface area contributed by atoms with Crippen molar-refractivity contribution in [3.63, 3.8) is 0 Å². The second kappa shape index (κ2) is 11.2. The average Bonchev–Trinajstić information content (AvgIpc) is 2.54. The van der Waals surface area contributed by atoms with Crippen molar-refractivity contribution in [1.82, 2.24) is 0 Å². The molecule has 0 aromatic heterocycles. The van der Waals surface area contributed by atoms with Gasteiger partial charge in [-0.15, -0.1) is 0 Å². The van der Waals surface area contributed by atoms with Crippen molar-refractivity contribution >= 4 is 17.9 Å². The van der Waals surface area contributed by atoms with Crippen molar-refractivity contribution in [2.45, 2.75) is 97.9 Å². The van der Waals surface area contributed by atoms with Crippen LogP contribution in [0.1, 0.15) is 79.6 Å². The number of carbonyl (C=O) groups is 3. The van der Waals surface area contributed by atoms with E-state index in [0.717, 1.165) is 25.7 Å². The van der Waals surface area contributed by atoms with Gasteiger partial charge in [0.2, 0.25) is 0 Å². The molecule has 0 saturated carbocycles. The molecule has 6 heteroatoms. The molecule has 0 aromatic rings. The molecule has 1 unspecified atom stereocenters. The van der Waals surface area contributed by atoms with E-state index in [1.54, 1.807) is 13.8 Å². The lowest BCUT2D eigenvalue weighted by Gasteiger charge is -2.29. The molecule has 1 heterocycles. The lowest BCUT2D eigenvalue weighted by atomic mass is 9.92. The quantitative estimate of drug-likeness (QED) is 0.367. The predicted octanol–water partition coefficient (Wildman–Crippen LogP) is 3.80. The summed E-state index contributed by atoms with van der Waals surface area (Å²) < 4.78 is 16.5. The van der Waals surface area contributed by atoms with E-state index in [0.29, 0.717) is 6.42 Å². The number of hydrogen-bond donors (Lipinski definition) is 0. The fourth-order valence-corrected chi connectivity index (χ4v) is 3.13. The Labute approximate surface area is 156 Å². The minimum absolute atomic E-state index is 0.00525. The van der Waals surface area contributed by atoms with Crippen molar-refractivity contribution in [1.29, 1.82) is 0 Å². The molecule has 6 nitrogen and oxygen atoms in total. The van der Waals surface area contributed by atoms with Crippen molar-refractivity contribution in [3.05, 3.63) is 0 Å². The Morgan fingerprint density at radius 1 is 1.15 bits per heavy atom. The molecule has 0 radical (unpaired) electrons. The summed E-state index contributed by atoms with van der Waals surface area (Å²) in [6.07, 6.45) is 2.76. The third-order valence-corrected chi connectivity index (χ3v) is 4.46. The van der Waals surface area contributed by atoms with Gasteiger partial charge in [-0.3, -0.25) is 14.4 Å². The summed E-state index contributed by atoms with van der Waals surface area (Å²) in [7, 11) is 0. The van der Waals surface area contributed by atoms with Gasteiger partial charge in [-0.05, 0) is 26.2 Å². The Morgan fingerprint density at radius 3 is 2.46 bits per heavy atom. The summed E-state index contributed by atoms with van der Waals surface area (Å²) in [6, 6.07) is 0. The number of esters is 3. The molecule has 1 aliphatic heterocycles. The summed E-state index contributed by atoms with van der Waals surface area (Å²) in [6.45, 7) is 9.31. The van der Waals surface area contributed by atoms with Crippen LogP contribution in [0, 0.1) is 11.8 Å². The normalized spacial score (nSPS) is 27.2. The SMILES string of the molecule is CCCCCCC1C(=O)O[C@H](C)CC(=O)O[C@@H](C)[C@@H]1OC(=O)CC(C)C. The first kappa shape index (κ1) is 22.5. The highest BCUT2D eigenvalue weighted by atomic mass is 16.6. The number of cyclic esters (lactones) is 2. The molecule has 0 N–H and O–H groups in total. The van der Waals surface area contributed by atoms with Crippen LogP contribution in [-0.2, 0) is 28.6 Å². The molecule has 0 aromatic carbocycles. The Bertz CT molecular complexity index is 473. The van der Waals surface area contributed by atoms with Crippen LogP contribution in [0.4, 0.5) is 0 Å². The highest BCUT2D eigenvalue weighted by Gasteiger charge is 2.40. The van der Waals surface area contributed by atoms with Gasteiger partial charge in [0.25, 0.3) is 0 Å². The van der Waals surface area contributed by atoms with Gasteiger partial charge in [-0.25, -0.2) is 0 Å². The van der Waals surface area contributed by atoms with E-state index in [1.807, 2.05) is 13.8 Å². The van der Waals surface area contributed by atoms with E-state index in [9.17, 15) is 14.4 Å². The number of ether oxygens (including phenoxy) is 3. The molecule has 0 spiro atoms. The molecule has 1 saturated heterocycles. The molecular formula is C20H34O6. The third-order valence-electron chi connectivity index (χ3n) is 4.46. The highest BCUT2D eigenvalue weighted by molar-refractivity contribution is 5.77. The first-order valence-electron chi connectivity index (χ1n) is 9.84. The fraction of sp³-hybridized carbons (Fsp3) is 0.850. The van der Waals surface area contributed by atoms with Crippen LogP contribution in [0.5, 0.6) is 0 Å². The Kier molecular flexibility index (Phi) is 9.66. The zero-order chi connectivity index (χ0) is 19.7. The number of hydrogen-bond acceptors (Lipinski definition) is 6. The maximum Gasteiger partial charge on any atom is 0.313 e. The van der Waals surface area contributed by atoms with Crippen LogP contribution >= 0.6 is 0 Å². The monoisotopic (exact) mass is 370 g/mol. The van der Waals surface area contributed by atoms with Gasteiger partial charge in [0, 0.05) is 6.42 Å². The van der Waals surface area contributed by atoms with Crippen molar-refractivity contribution in [2.75, 3.05) is 0 Å². The molecule has 1 fully saturated rings. The van der Waals surface area contributed by atoms with Crippen LogP contribution in [0.25, 0.3) is 0 Å². The maximum atomic E-state index is 12.7. The van der Waals surface area contributed by atoms with Crippen LogP contribution in [0.15, 0.2) is 0 Å². The summed E-state index contributed by atoms with van der Waals surface area (Å²) in [5.74, 6) is -1.72. The fourth-order valence-electron chi connectivity index (χ4n) is 3.13. The molecule has 1 aliphatic rings. The number of unbranched alkanes of at least 4 members (excludes halogenated alkanes) is 3. The Balaban J connectivity index is 2.98. The molecule has 0 amide bonds. The molecule has 0 bridgehead atoms. The minimum Gasteiger partial charge on any atom is -0.462 e. The van der Waals surface area contributed by atoms with Gasteiger partial charge in [0.05, 0.1) is 12.3 Å². The molecule has 150 valence electrons. The van der Waals surface area contributed by atoms with Crippen molar-refractivity contribution in [2.24, 2.45) is 11.8 Å². The van der Waals surface area contributed by atoms with Gasteiger partial charge >= 0.3 is 17.9 Å². The summed E-state index contributed by atoms with van der Waals surface area (Å²) >= 11 is 0. The Hall–Kier alpha value is -1.59. The van der Waals surface area contributed by atoms with E-state index in [1.165, 1.54) is 0 Å². The molecule has 1 rings (SSSR count). The van der Waals surface area contributed by atoms with E-state index >= 15 is 0 Å².